The van der Waals surface area contributed by atoms with Crippen molar-refractivity contribution in [1.29, 1.82) is 0 Å². The summed E-state index contributed by atoms with van der Waals surface area (Å²) in [6.07, 6.45) is 0. The molecule has 0 heterocycles. The maximum absolute atomic E-state index is 5.61. The third-order valence-electron chi connectivity index (χ3n) is 1.65. The lowest BCUT2D eigenvalue weighted by molar-refractivity contribution is -0.0149. The topological polar surface area (TPSA) is 9.23 Å². The molecule has 0 saturated carbocycles. The van der Waals surface area contributed by atoms with Crippen molar-refractivity contribution < 1.29 is 4.74 Å². The summed E-state index contributed by atoms with van der Waals surface area (Å²) >= 11 is 0. The zero-order valence-corrected chi connectivity index (χ0v) is 8.50. The molecule has 2 heteroatoms. The monoisotopic (exact) mass is 174 g/mol. The van der Waals surface area contributed by atoms with Crippen molar-refractivity contribution in [2.75, 3.05) is 0 Å². The van der Waals surface area contributed by atoms with E-state index in [0.29, 0.717) is 6.61 Å². The molecule has 0 saturated heterocycles. The van der Waals surface area contributed by atoms with Gasteiger partial charge in [0.25, 0.3) is 0 Å². The van der Waals surface area contributed by atoms with E-state index in [9.17, 15) is 0 Å². The normalized spacial score (nSPS) is 11.6. The molecule has 1 aromatic rings. The molecule has 0 N–H and O–H groups in total. The number of hydrogen-bond donors (Lipinski definition) is 0. The molecule has 13 heavy (non-hydrogen) atoms. The molecular weight excluding hydrogens is 159 g/mol. The van der Waals surface area contributed by atoms with E-state index in [1.54, 1.807) is 0 Å². The second-order valence-electron chi connectivity index (χ2n) is 4.14. The van der Waals surface area contributed by atoms with Gasteiger partial charge in [-0.2, -0.15) is 0 Å². The maximum atomic E-state index is 5.61. The minimum Gasteiger partial charge on any atom is -0.371 e. The molecule has 0 unspecified atom stereocenters. The quantitative estimate of drug-likeness (QED) is 0.621. The summed E-state index contributed by atoms with van der Waals surface area (Å²) < 4.78 is 5.61. The van der Waals surface area contributed by atoms with E-state index in [1.807, 2.05) is 45.0 Å². The molecule has 0 aliphatic heterocycles. The standard InChI is InChI=1S/C11H15BO/c1-11(2,3)13-8-9-4-6-10(12)7-5-9/h4-7H,8H2,1-3H3. The first-order chi connectivity index (χ1) is 5.97. The molecule has 0 aliphatic carbocycles. The SMILES string of the molecule is [B]c1ccc(COC(C)(C)C)cc1. The van der Waals surface area contributed by atoms with Gasteiger partial charge in [0.1, 0.15) is 7.85 Å². The van der Waals surface area contributed by atoms with Gasteiger partial charge in [0.15, 0.2) is 0 Å². The Kier molecular flexibility index (Phi) is 3.15. The Morgan fingerprint density at radius 2 is 1.69 bits per heavy atom. The Morgan fingerprint density at radius 1 is 1.15 bits per heavy atom. The van der Waals surface area contributed by atoms with Crippen molar-refractivity contribution >= 4 is 13.3 Å². The molecule has 0 aliphatic rings. The van der Waals surface area contributed by atoms with E-state index in [0.717, 1.165) is 11.0 Å². The van der Waals surface area contributed by atoms with Gasteiger partial charge in [0.05, 0.1) is 12.2 Å². The molecule has 1 nitrogen and oxygen atoms in total. The third-order valence-corrected chi connectivity index (χ3v) is 1.65. The Bertz CT molecular complexity index is 258. The fourth-order valence-corrected chi connectivity index (χ4v) is 0.914. The van der Waals surface area contributed by atoms with Gasteiger partial charge in [0.2, 0.25) is 0 Å². The molecule has 1 rings (SSSR count). The second-order valence-corrected chi connectivity index (χ2v) is 4.14. The summed E-state index contributed by atoms with van der Waals surface area (Å²) in [5, 5.41) is 0. The van der Waals surface area contributed by atoms with Gasteiger partial charge in [0, 0.05) is 0 Å². The Hall–Kier alpha value is -0.755. The average molecular weight is 174 g/mol. The molecule has 0 spiro atoms. The Morgan fingerprint density at radius 3 is 2.15 bits per heavy atom. The Balaban J connectivity index is 2.51. The van der Waals surface area contributed by atoms with Gasteiger partial charge in [-0.15, -0.1) is 0 Å². The van der Waals surface area contributed by atoms with Gasteiger partial charge >= 0.3 is 0 Å². The first-order valence-electron chi connectivity index (χ1n) is 4.46. The largest absolute Gasteiger partial charge is 0.371 e. The van der Waals surface area contributed by atoms with Crippen molar-refractivity contribution in [1.82, 2.24) is 0 Å². The van der Waals surface area contributed by atoms with Gasteiger partial charge in [-0.1, -0.05) is 29.7 Å². The van der Waals surface area contributed by atoms with Crippen molar-refractivity contribution in [2.24, 2.45) is 0 Å². The smallest absolute Gasteiger partial charge is 0.113 e. The molecule has 0 fully saturated rings. The molecule has 68 valence electrons. The predicted molar refractivity (Wildman–Crippen MR) is 56.4 cm³/mol. The van der Waals surface area contributed by atoms with Crippen LogP contribution in [0, 0.1) is 0 Å². The van der Waals surface area contributed by atoms with Crippen LogP contribution in [0.2, 0.25) is 0 Å². The Labute approximate surface area is 81.5 Å². The first kappa shape index (κ1) is 10.3. The van der Waals surface area contributed by atoms with Crippen LogP contribution in [0.25, 0.3) is 0 Å². The number of rotatable bonds is 2. The molecule has 0 aromatic heterocycles. The predicted octanol–water partition coefficient (Wildman–Crippen LogP) is 1.80. The third kappa shape index (κ3) is 4.14. The maximum Gasteiger partial charge on any atom is 0.113 e. The van der Waals surface area contributed by atoms with Gasteiger partial charge in [-0.3, -0.25) is 0 Å². The summed E-state index contributed by atoms with van der Waals surface area (Å²) in [7, 11) is 5.57. The molecular formula is C11H15BO. The number of benzene rings is 1. The molecule has 0 atom stereocenters. The highest BCUT2D eigenvalue weighted by atomic mass is 16.5. The molecule has 0 amide bonds. The van der Waals surface area contributed by atoms with Crippen LogP contribution in [0.3, 0.4) is 0 Å². The van der Waals surface area contributed by atoms with Crippen LogP contribution in [-0.2, 0) is 11.3 Å². The van der Waals surface area contributed by atoms with Gasteiger partial charge in [-0.25, -0.2) is 0 Å². The number of ether oxygens (including phenoxy) is 1. The van der Waals surface area contributed by atoms with E-state index < -0.39 is 0 Å². The minimum atomic E-state index is -0.0820. The summed E-state index contributed by atoms with van der Waals surface area (Å²) in [6, 6.07) is 7.75. The number of hydrogen-bond acceptors (Lipinski definition) is 1. The van der Waals surface area contributed by atoms with Crippen LogP contribution in [0.4, 0.5) is 0 Å². The summed E-state index contributed by atoms with van der Waals surface area (Å²) in [5.74, 6) is 0. The van der Waals surface area contributed by atoms with E-state index in [2.05, 4.69) is 0 Å². The van der Waals surface area contributed by atoms with Crippen molar-refractivity contribution in [3.63, 3.8) is 0 Å². The van der Waals surface area contributed by atoms with Gasteiger partial charge in [-0.05, 0) is 26.3 Å². The van der Waals surface area contributed by atoms with Crippen LogP contribution in [0.1, 0.15) is 26.3 Å². The van der Waals surface area contributed by atoms with Gasteiger partial charge < -0.3 is 4.74 Å². The fraction of sp³-hybridized carbons (Fsp3) is 0.455. The highest BCUT2D eigenvalue weighted by Crippen LogP contribution is 2.10. The van der Waals surface area contributed by atoms with Crippen LogP contribution < -0.4 is 5.46 Å². The molecule has 1 aromatic carbocycles. The summed E-state index contributed by atoms with van der Waals surface area (Å²) in [6.45, 7) is 6.78. The second kappa shape index (κ2) is 3.97. The minimum absolute atomic E-state index is 0.0820. The summed E-state index contributed by atoms with van der Waals surface area (Å²) in [4.78, 5) is 0. The molecule has 2 radical (unpaired) electrons. The van der Waals surface area contributed by atoms with E-state index in [-0.39, 0.29) is 5.60 Å². The average Bonchev–Trinajstić information content (AvgIpc) is 2.02. The lowest BCUT2D eigenvalue weighted by Gasteiger charge is -2.19. The summed E-state index contributed by atoms with van der Waals surface area (Å²) in [5.41, 5.74) is 1.87. The van der Waals surface area contributed by atoms with E-state index in [1.165, 1.54) is 0 Å². The zero-order valence-electron chi connectivity index (χ0n) is 8.50. The first-order valence-corrected chi connectivity index (χ1v) is 4.46. The van der Waals surface area contributed by atoms with Crippen LogP contribution in [0.5, 0.6) is 0 Å². The van der Waals surface area contributed by atoms with E-state index in [4.69, 9.17) is 12.6 Å². The lowest BCUT2D eigenvalue weighted by atomic mass is 9.95. The van der Waals surface area contributed by atoms with Crippen molar-refractivity contribution in [3.8, 4) is 0 Å². The highest BCUT2D eigenvalue weighted by molar-refractivity contribution is 6.32. The fourth-order valence-electron chi connectivity index (χ4n) is 0.914. The van der Waals surface area contributed by atoms with E-state index >= 15 is 0 Å². The highest BCUT2D eigenvalue weighted by Gasteiger charge is 2.09. The van der Waals surface area contributed by atoms with Crippen LogP contribution in [-0.4, -0.2) is 13.4 Å². The zero-order chi connectivity index (χ0) is 9.90. The van der Waals surface area contributed by atoms with Crippen LogP contribution >= 0.6 is 0 Å². The van der Waals surface area contributed by atoms with Crippen molar-refractivity contribution in [3.05, 3.63) is 29.8 Å². The van der Waals surface area contributed by atoms with Crippen molar-refractivity contribution in [2.45, 2.75) is 33.0 Å². The van der Waals surface area contributed by atoms with Crippen LogP contribution in [0.15, 0.2) is 24.3 Å². The molecule has 0 bridgehead atoms. The lowest BCUT2D eigenvalue weighted by Crippen LogP contribution is -2.18.